The summed E-state index contributed by atoms with van der Waals surface area (Å²) in [5, 5.41) is 0. The van der Waals surface area contributed by atoms with Crippen LogP contribution in [0.1, 0.15) is 22.3 Å². The molecule has 2 rings (SSSR count). The van der Waals surface area contributed by atoms with Crippen LogP contribution in [0.15, 0.2) is 18.2 Å². The third-order valence-corrected chi connectivity index (χ3v) is 3.79. The van der Waals surface area contributed by atoms with E-state index in [-0.39, 0.29) is 11.5 Å². The standard InChI is InChI=1S/C15H21FN2O/c1-11-5-4-6-13(14(11)16)15(19)18(3)10-12-7-8-17(2)9-12/h4-6,12H,7-10H2,1-3H3. The molecule has 1 amide bonds. The van der Waals surface area contributed by atoms with Crippen LogP contribution in [0, 0.1) is 18.7 Å². The van der Waals surface area contributed by atoms with Crippen LogP contribution in [0.5, 0.6) is 0 Å². The van der Waals surface area contributed by atoms with Gasteiger partial charge in [0.05, 0.1) is 5.56 Å². The average Bonchev–Trinajstić information content (AvgIpc) is 2.77. The molecule has 4 heteroatoms. The number of likely N-dealkylation sites (tertiary alicyclic amines) is 1. The molecule has 19 heavy (non-hydrogen) atoms. The first-order valence-electron chi connectivity index (χ1n) is 6.68. The van der Waals surface area contributed by atoms with E-state index in [0.29, 0.717) is 18.0 Å². The van der Waals surface area contributed by atoms with E-state index in [2.05, 4.69) is 11.9 Å². The third kappa shape index (κ3) is 3.13. The summed E-state index contributed by atoms with van der Waals surface area (Å²) in [5.41, 5.74) is 0.689. The van der Waals surface area contributed by atoms with E-state index in [1.165, 1.54) is 0 Å². The van der Waals surface area contributed by atoms with Crippen LogP contribution in [0.2, 0.25) is 0 Å². The van der Waals surface area contributed by atoms with E-state index in [1.807, 2.05) is 0 Å². The molecule has 1 atom stereocenters. The van der Waals surface area contributed by atoms with Crippen molar-refractivity contribution in [2.24, 2.45) is 5.92 Å². The summed E-state index contributed by atoms with van der Waals surface area (Å²) in [4.78, 5) is 16.2. The second-order valence-electron chi connectivity index (χ2n) is 5.54. The number of benzene rings is 1. The Morgan fingerprint density at radius 2 is 2.26 bits per heavy atom. The van der Waals surface area contributed by atoms with Gasteiger partial charge in [-0.15, -0.1) is 0 Å². The molecule has 1 fully saturated rings. The van der Waals surface area contributed by atoms with Crippen molar-refractivity contribution in [2.45, 2.75) is 13.3 Å². The molecule has 0 aromatic heterocycles. The van der Waals surface area contributed by atoms with Crippen LogP contribution in [-0.4, -0.2) is 49.4 Å². The molecule has 1 heterocycles. The quantitative estimate of drug-likeness (QED) is 0.835. The minimum atomic E-state index is -0.400. The Morgan fingerprint density at radius 1 is 1.53 bits per heavy atom. The van der Waals surface area contributed by atoms with Crippen LogP contribution < -0.4 is 0 Å². The van der Waals surface area contributed by atoms with Crippen molar-refractivity contribution < 1.29 is 9.18 Å². The first-order valence-corrected chi connectivity index (χ1v) is 6.68. The lowest BCUT2D eigenvalue weighted by Crippen LogP contribution is -2.33. The van der Waals surface area contributed by atoms with Gasteiger partial charge in [0, 0.05) is 20.1 Å². The van der Waals surface area contributed by atoms with Gasteiger partial charge in [-0.2, -0.15) is 0 Å². The van der Waals surface area contributed by atoms with Crippen molar-refractivity contribution >= 4 is 5.91 Å². The minimum absolute atomic E-state index is 0.175. The third-order valence-electron chi connectivity index (χ3n) is 3.79. The number of aryl methyl sites for hydroxylation is 1. The molecule has 3 nitrogen and oxygen atoms in total. The van der Waals surface area contributed by atoms with Gasteiger partial charge in [0.2, 0.25) is 0 Å². The smallest absolute Gasteiger partial charge is 0.256 e. The molecule has 1 aromatic rings. The number of carbonyl (C=O) groups excluding carboxylic acids is 1. The molecule has 1 unspecified atom stereocenters. The number of carbonyl (C=O) groups is 1. The molecule has 104 valence electrons. The summed E-state index contributed by atoms with van der Waals surface area (Å²) in [6, 6.07) is 4.96. The van der Waals surface area contributed by atoms with Gasteiger partial charge in [0.15, 0.2) is 0 Å². The van der Waals surface area contributed by atoms with Gasteiger partial charge in [-0.3, -0.25) is 4.79 Å². The SMILES string of the molecule is Cc1cccc(C(=O)N(C)CC2CCN(C)C2)c1F. The fourth-order valence-corrected chi connectivity index (χ4v) is 2.66. The van der Waals surface area contributed by atoms with E-state index in [0.717, 1.165) is 19.5 Å². The maximum atomic E-state index is 13.9. The van der Waals surface area contributed by atoms with Crippen LogP contribution >= 0.6 is 0 Å². The number of amides is 1. The lowest BCUT2D eigenvalue weighted by Gasteiger charge is -2.21. The van der Waals surface area contributed by atoms with Crippen molar-refractivity contribution in [3.05, 3.63) is 35.1 Å². The van der Waals surface area contributed by atoms with Crippen LogP contribution in [0.4, 0.5) is 4.39 Å². The van der Waals surface area contributed by atoms with Crippen molar-refractivity contribution in [3.63, 3.8) is 0 Å². The highest BCUT2D eigenvalue weighted by Crippen LogP contribution is 2.18. The number of nitrogens with zero attached hydrogens (tertiary/aromatic N) is 2. The van der Waals surface area contributed by atoms with E-state index < -0.39 is 5.82 Å². The summed E-state index contributed by atoms with van der Waals surface area (Å²) in [6.07, 6.45) is 1.10. The zero-order valence-corrected chi connectivity index (χ0v) is 11.8. The minimum Gasteiger partial charge on any atom is -0.341 e. The molecule has 1 aliphatic heterocycles. The molecular weight excluding hydrogens is 243 g/mol. The van der Waals surface area contributed by atoms with Crippen LogP contribution in [-0.2, 0) is 0 Å². The lowest BCUT2D eigenvalue weighted by atomic mass is 10.1. The molecule has 0 aliphatic carbocycles. The number of halogens is 1. The predicted octanol–water partition coefficient (Wildman–Crippen LogP) is 2.16. The summed E-state index contributed by atoms with van der Waals surface area (Å²) in [7, 11) is 3.84. The molecule has 1 aliphatic rings. The number of rotatable bonds is 3. The number of hydrogen-bond acceptors (Lipinski definition) is 2. The van der Waals surface area contributed by atoms with Gasteiger partial charge in [0.25, 0.3) is 5.91 Å². The van der Waals surface area contributed by atoms with Gasteiger partial charge < -0.3 is 9.80 Å². The maximum Gasteiger partial charge on any atom is 0.256 e. The Labute approximate surface area is 114 Å². The highest BCUT2D eigenvalue weighted by molar-refractivity contribution is 5.94. The van der Waals surface area contributed by atoms with Gasteiger partial charge in [-0.05, 0) is 44.5 Å². The Kier molecular flexibility index (Phi) is 4.20. The molecule has 1 saturated heterocycles. The fraction of sp³-hybridized carbons (Fsp3) is 0.533. The summed E-state index contributed by atoms with van der Waals surface area (Å²) in [5.74, 6) is -0.134. The van der Waals surface area contributed by atoms with Crippen molar-refractivity contribution in [1.82, 2.24) is 9.80 Å². The van der Waals surface area contributed by atoms with Crippen molar-refractivity contribution in [3.8, 4) is 0 Å². The molecule has 1 aromatic carbocycles. The molecule has 0 bridgehead atoms. The summed E-state index contributed by atoms with van der Waals surface area (Å²) >= 11 is 0. The molecule has 0 radical (unpaired) electrons. The van der Waals surface area contributed by atoms with E-state index in [1.54, 1.807) is 37.1 Å². The molecule has 0 spiro atoms. The second kappa shape index (κ2) is 5.70. The van der Waals surface area contributed by atoms with Gasteiger partial charge in [-0.25, -0.2) is 4.39 Å². The maximum absolute atomic E-state index is 13.9. The van der Waals surface area contributed by atoms with Crippen molar-refractivity contribution in [1.29, 1.82) is 0 Å². The zero-order valence-electron chi connectivity index (χ0n) is 11.8. The van der Waals surface area contributed by atoms with E-state index >= 15 is 0 Å². The molecule has 0 saturated carbocycles. The lowest BCUT2D eigenvalue weighted by molar-refractivity contribution is 0.0769. The topological polar surface area (TPSA) is 23.6 Å². The van der Waals surface area contributed by atoms with Gasteiger partial charge in [0.1, 0.15) is 5.82 Å². The molecule has 0 N–H and O–H groups in total. The van der Waals surface area contributed by atoms with Gasteiger partial charge in [-0.1, -0.05) is 12.1 Å². The Morgan fingerprint density at radius 3 is 2.89 bits per heavy atom. The van der Waals surface area contributed by atoms with E-state index in [4.69, 9.17) is 0 Å². The first-order chi connectivity index (χ1) is 8.99. The zero-order chi connectivity index (χ0) is 14.0. The predicted molar refractivity (Wildman–Crippen MR) is 73.7 cm³/mol. The highest BCUT2D eigenvalue weighted by atomic mass is 19.1. The second-order valence-corrected chi connectivity index (χ2v) is 5.54. The van der Waals surface area contributed by atoms with Crippen molar-refractivity contribution in [2.75, 3.05) is 33.7 Å². The monoisotopic (exact) mass is 264 g/mol. The first kappa shape index (κ1) is 14.0. The average molecular weight is 264 g/mol. The Hall–Kier alpha value is -1.42. The van der Waals surface area contributed by atoms with Gasteiger partial charge >= 0.3 is 0 Å². The largest absolute Gasteiger partial charge is 0.341 e. The number of hydrogen-bond donors (Lipinski definition) is 0. The van der Waals surface area contributed by atoms with Crippen LogP contribution in [0.3, 0.4) is 0 Å². The summed E-state index contributed by atoms with van der Waals surface area (Å²) < 4.78 is 13.9. The normalized spacial score (nSPS) is 19.7. The molecular formula is C15H21FN2O. The van der Waals surface area contributed by atoms with Crippen LogP contribution in [0.25, 0.3) is 0 Å². The Bertz CT molecular complexity index is 475. The van der Waals surface area contributed by atoms with E-state index in [9.17, 15) is 9.18 Å². The summed E-state index contributed by atoms with van der Waals surface area (Å²) in [6.45, 7) is 4.45. The Balaban J connectivity index is 2.04. The fourth-order valence-electron chi connectivity index (χ4n) is 2.66. The highest BCUT2D eigenvalue weighted by Gasteiger charge is 2.24.